The molecule has 1 N–H and O–H groups in total. The van der Waals surface area contributed by atoms with Crippen molar-refractivity contribution in [3.05, 3.63) is 33.9 Å². The van der Waals surface area contributed by atoms with E-state index in [0.717, 1.165) is 0 Å². The van der Waals surface area contributed by atoms with Crippen LogP contribution >= 0.6 is 0 Å². The Balaban J connectivity index is 3.44. The molecule has 0 aliphatic carbocycles. The highest BCUT2D eigenvalue weighted by Gasteiger charge is 2.36. The Kier molecular flexibility index (Phi) is 4.66. The number of halogens is 5. The predicted molar refractivity (Wildman–Crippen MR) is 58.9 cm³/mol. The molecule has 0 aliphatic heterocycles. The molecular weight excluding hydrogens is 307 g/mol. The van der Waals surface area contributed by atoms with Crippen LogP contribution in [0.2, 0.25) is 0 Å². The van der Waals surface area contributed by atoms with Crippen LogP contribution in [0.25, 0.3) is 0 Å². The van der Waals surface area contributed by atoms with Crippen molar-refractivity contribution in [2.24, 2.45) is 0 Å². The predicted octanol–water partition coefficient (Wildman–Crippen LogP) is 2.33. The average molecular weight is 314 g/mol. The third kappa shape index (κ3) is 4.26. The van der Waals surface area contributed by atoms with Gasteiger partial charge in [-0.15, -0.1) is 0 Å². The van der Waals surface area contributed by atoms with E-state index in [-0.39, 0.29) is 4.90 Å². The maximum Gasteiger partial charge on any atom is 0.405 e. The lowest BCUT2D eigenvalue weighted by atomic mass is 10.2. The van der Waals surface area contributed by atoms with E-state index in [1.165, 1.54) is 0 Å². The van der Waals surface area contributed by atoms with E-state index >= 15 is 0 Å². The summed E-state index contributed by atoms with van der Waals surface area (Å²) in [5.74, 6) is -5.35. The Morgan fingerprint density at radius 1 is 1.33 bits per heavy atom. The summed E-state index contributed by atoms with van der Waals surface area (Å²) in [5, 5.41) is 19.2. The van der Waals surface area contributed by atoms with Gasteiger partial charge in [-0.2, -0.15) is 13.2 Å². The SMILES string of the molecule is O=C(O)CN(CC(F)(F)F)c1c([N+](=O)[O-])ccc(F)c1F. The van der Waals surface area contributed by atoms with E-state index < -0.39 is 53.2 Å². The van der Waals surface area contributed by atoms with Gasteiger partial charge in [-0.05, 0) is 6.07 Å². The van der Waals surface area contributed by atoms with Crippen LogP contribution in [0.4, 0.5) is 33.3 Å². The van der Waals surface area contributed by atoms with Crippen molar-refractivity contribution in [1.29, 1.82) is 0 Å². The molecular formula is C10H7F5N2O4. The van der Waals surface area contributed by atoms with Gasteiger partial charge in [0.05, 0.1) is 4.92 Å². The number of alkyl halides is 3. The summed E-state index contributed by atoms with van der Waals surface area (Å²) in [7, 11) is 0. The number of rotatable bonds is 5. The van der Waals surface area contributed by atoms with E-state index in [0.29, 0.717) is 12.1 Å². The zero-order chi connectivity index (χ0) is 16.4. The van der Waals surface area contributed by atoms with Crippen LogP contribution < -0.4 is 4.90 Å². The molecule has 1 rings (SSSR count). The third-order valence-corrected chi connectivity index (χ3v) is 2.26. The number of aliphatic carboxylic acids is 1. The summed E-state index contributed by atoms with van der Waals surface area (Å²) >= 11 is 0. The van der Waals surface area contributed by atoms with Gasteiger partial charge in [0.15, 0.2) is 17.3 Å². The average Bonchev–Trinajstić information content (AvgIpc) is 2.28. The lowest BCUT2D eigenvalue weighted by molar-refractivity contribution is -0.384. The minimum Gasteiger partial charge on any atom is -0.480 e. The van der Waals surface area contributed by atoms with Crippen LogP contribution in [0, 0.1) is 21.7 Å². The molecule has 0 radical (unpaired) electrons. The van der Waals surface area contributed by atoms with Crippen molar-refractivity contribution >= 4 is 17.3 Å². The molecule has 0 aliphatic rings. The molecule has 6 nitrogen and oxygen atoms in total. The van der Waals surface area contributed by atoms with Gasteiger partial charge in [0.25, 0.3) is 5.69 Å². The Morgan fingerprint density at radius 3 is 2.33 bits per heavy atom. The normalized spacial score (nSPS) is 11.3. The molecule has 0 spiro atoms. The number of anilines is 1. The topological polar surface area (TPSA) is 83.7 Å². The number of carbonyl (C=O) groups is 1. The zero-order valence-electron chi connectivity index (χ0n) is 10.0. The Morgan fingerprint density at radius 2 is 1.90 bits per heavy atom. The first kappa shape index (κ1) is 16.6. The second-order valence-corrected chi connectivity index (χ2v) is 3.85. The van der Waals surface area contributed by atoms with E-state index in [4.69, 9.17) is 5.11 Å². The van der Waals surface area contributed by atoms with E-state index in [1.807, 2.05) is 0 Å². The molecule has 11 heteroatoms. The fourth-order valence-electron chi connectivity index (χ4n) is 1.57. The number of benzene rings is 1. The van der Waals surface area contributed by atoms with Gasteiger partial charge in [-0.3, -0.25) is 14.9 Å². The number of nitro groups is 1. The summed E-state index contributed by atoms with van der Waals surface area (Å²) in [5.41, 5.74) is -2.53. The first-order chi connectivity index (χ1) is 9.53. The third-order valence-electron chi connectivity index (χ3n) is 2.26. The van der Waals surface area contributed by atoms with E-state index in [9.17, 15) is 36.9 Å². The van der Waals surface area contributed by atoms with Crippen molar-refractivity contribution in [3.8, 4) is 0 Å². The number of carboxylic acid groups (broad SMARTS) is 1. The van der Waals surface area contributed by atoms with Crippen LogP contribution in [0.1, 0.15) is 0 Å². The molecule has 0 unspecified atom stereocenters. The minimum absolute atomic E-state index is 0.154. The quantitative estimate of drug-likeness (QED) is 0.512. The lowest BCUT2D eigenvalue weighted by Gasteiger charge is -2.24. The molecule has 0 aromatic heterocycles. The van der Waals surface area contributed by atoms with Gasteiger partial charge >= 0.3 is 12.1 Å². The maximum atomic E-state index is 13.6. The molecule has 21 heavy (non-hydrogen) atoms. The molecule has 0 atom stereocenters. The Bertz CT molecular complexity index is 575. The summed E-state index contributed by atoms with van der Waals surface area (Å²) in [6.45, 7) is -3.37. The van der Waals surface area contributed by atoms with Crippen LogP contribution in [-0.4, -0.2) is 35.3 Å². The molecule has 116 valence electrons. The maximum absolute atomic E-state index is 13.6. The second-order valence-electron chi connectivity index (χ2n) is 3.85. The van der Waals surface area contributed by atoms with Crippen molar-refractivity contribution < 1.29 is 36.8 Å². The van der Waals surface area contributed by atoms with Gasteiger partial charge in [-0.25, -0.2) is 8.78 Å². The summed E-state index contributed by atoms with van der Waals surface area (Å²) in [6, 6.07) is 0.822. The highest BCUT2D eigenvalue weighted by atomic mass is 19.4. The first-order valence-electron chi connectivity index (χ1n) is 5.19. The highest BCUT2D eigenvalue weighted by Crippen LogP contribution is 2.34. The van der Waals surface area contributed by atoms with Crippen molar-refractivity contribution in [1.82, 2.24) is 0 Å². The number of hydrogen-bond acceptors (Lipinski definition) is 4. The lowest BCUT2D eigenvalue weighted by Crippen LogP contribution is -2.39. The summed E-state index contributed by atoms with van der Waals surface area (Å²) in [4.78, 5) is 19.9. The number of nitrogens with zero attached hydrogens (tertiary/aromatic N) is 2. The molecule has 0 fully saturated rings. The number of nitro benzene ring substituents is 1. The number of carboxylic acids is 1. The fraction of sp³-hybridized carbons (Fsp3) is 0.300. The molecule has 0 amide bonds. The van der Waals surface area contributed by atoms with Gasteiger partial charge in [0.1, 0.15) is 13.1 Å². The summed E-state index contributed by atoms with van der Waals surface area (Å²) < 4.78 is 63.9. The van der Waals surface area contributed by atoms with Crippen LogP contribution in [0.15, 0.2) is 12.1 Å². The molecule has 0 saturated heterocycles. The van der Waals surface area contributed by atoms with Crippen LogP contribution in [0.5, 0.6) is 0 Å². The zero-order valence-corrected chi connectivity index (χ0v) is 10.0. The molecule has 0 heterocycles. The van der Waals surface area contributed by atoms with Gasteiger partial charge in [-0.1, -0.05) is 0 Å². The highest BCUT2D eigenvalue weighted by molar-refractivity contribution is 5.76. The minimum atomic E-state index is -4.97. The molecule has 1 aromatic rings. The molecule has 1 aromatic carbocycles. The smallest absolute Gasteiger partial charge is 0.405 e. The molecule has 0 saturated carbocycles. The molecule has 0 bridgehead atoms. The Hall–Kier alpha value is -2.46. The van der Waals surface area contributed by atoms with E-state index in [1.54, 1.807) is 0 Å². The Labute approximate surface area is 113 Å². The van der Waals surface area contributed by atoms with Crippen LogP contribution in [0.3, 0.4) is 0 Å². The standard InChI is InChI=1S/C10H7F5N2O4/c11-5-1-2-6(17(20)21)9(8(5)12)16(3-7(18)19)4-10(13,14)15/h1-2H,3-4H2,(H,18,19). The fourth-order valence-corrected chi connectivity index (χ4v) is 1.57. The van der Waals surface area contributed by atoms with Crippen molar-refractivity contribution in [2.75, 3.05) is 18.0 Å². The second kappa shape index (κ2) is 5.89. The first-order valence-corrected chi connectivity index (χ1v) is 5.19. The monoisotopic (exact) mass is 314 g/mol. The van der Waals surface area contributed by atoms with E-state index in [2.05, 4.69) is 0 Å². The summed E-state index contributed by atoms with van der Waals surface area (Å²) in [6.07, 6.45) is -4.97. The largest absolute Gasteiger partial charge is 0.480 e. The number of hydrogen-bond donors (Lipinski definition) is 1. The van der Waals surface area contributed by atoms with Gasteiger partial charge < -0.3 is 10.0 Å². The van der Waals surface area contributed by atoms with Crippen molar-refractivity contribution in [3.63, 3.8) is 0 Å². The van der Waals surface area contributed by atoms with Gasteiger partial charge in [0.2, 0.25) is 0 Å². The van der Waals surface area contributed by atoms with Crippen LogP contribution in [-0.2, 0) is 4.79 Å². The van der Waals surface area contributed by atoms with Gasteiger partial charge in [0, 0.05) is 6.07 Å². The van der Waals surface area contributed by atoms with Crippen molar-refractivity contribution in [2.45, 2.75) is 6.18 Å².